The van der Waals surface area contributed by atoms with Crippen LogP contribution in [0.1, 0.15) is 109 Å². The fourth-order valence-electron chi connectivity index (χ4n) is 8.27. The van der Waals surface area contributed by atoms with Gasteiger partial charge in [-0.2, -0.15) is 12.6 Å². The van der Waals surface area contributed by atoms with Crippen molar-refractivity contribution < 1.29 is 67.7 Å². The Labute approximate surface area is 488 Å². The van der Waals surface area contributed by atoms with Gasteiger partial charge in [0.2, 0.25) is 71.4 Å². The second kappa shape index (κ2) is 38.8. The molecule has 0 radical (unpaired) electrons. The third-order valence-electron chi connectivity index (χ3n) is 12.9. The van der Waals surface area contributed by atoms with Crippen LogP contribution in [0.4, 0.5) is 0 Å². The number of nitrogens with one attached hydrogen (secondary N) is 10. The van der Waals surface area contributed by atoms with Crippen LogP contribution in [-0.2, 0) is 70.4 Å². The lowest BCUT2D eigenvalue weighted by molar-refractivity contribution is -0.135. The van der Waals surface area contributed by atoms with Crippen molar-refractivity contribution >= 4 is 84.0 Å². The Morgan fingerprint density at radius 1 is 0.554 bits per heavy atom. The predicted octanol–water partition coefficient (Wildman–Crippen LogP) is -2.88. The highest BCUT2D eigenvalue weighted by Crippen LogP contribution is 2.15. The third-order valence-corrected chi connectivity index (χ3v) is 13.3. The number of carbonyl (C=O) groups excluding carboxylic acids is 12. The average molecular weight is 1180 g/mol. The van der Waals surface area contributed by atoms with Crippen molar-refractivity contribution in [2.24, 2.45) is 23.1 Å². The van der Waals surface area contributed by atoms with E-state index in [1.54, 1.807) is 30.3 Å². The van der Waals surface area contributed by atoms with Gasteiger partial charge in [0.05, 0.1) is 25.6 Å². The molecule has 0 saturated heterocycles. The molecule has 9 atom stereocenters. The van der Waals surface area contributed by atoms with E-state index in [1.807, 2.05) is 27.7 Å². The number of hydrogen-bond acceptors (Lipinski definition) is 16. The average Bonchev–Trinajstić information content (AvgIpc) is 3.50. The lowest BCUT2D eigenvalue weighted by atomic mass is 9.99. The Kier molecular flexibility index (Phi) is 33.3. The molecule has 27 nitrogen and oxygen atoms in total. The van der Waals surface area contributed by atoms with E-state index in [-0.39, 0.29) is 68.9 Å². The number of aromatic hydroxyl groups is 1. The van der Waals surface area contributed by atoms with Crippen molar-refractivity contribution in [1.29, 1.82) is 0 Å². The van der Waals surface area contributed by atoms with Crippen LogP contribution < -0.4 is 70.4 Å². The van der Waals surface area contributed by atoms with Gasteiger partial charge in [0.15, 0.2) is 0 Å². The fraction of sp³-hybridized carbons (Fsp3) is 0.564. The van der Waals surface area contributed by atoms with Crippen LogP contribution in [0.15, 0.2) is 54.6 Å². The van der Waals surface area contributed by atoms with Crippen molar-refractivity contribution in [3.63, 3.8) is 0 Å². The van der Waals surface area contributed by atoms with Gasteiger partial charge < -0.3 is 80.6 Å². The lowest BCUT2D eigenvalue weighted by Crippen LogP contribution is -2.60. The molecule has 12 amide bonds. The number of thiol groups is 1. The molecule has 460 valence electrons. The van der Waals surface area contributed by atoms with Crippen molar-refractivity contribution in [1.82, 2.24) is 53.2 Å². The van der Waals surface area contributed by atoms with Gasteiger partial charge in [0, 0.05) is 25.1 Å². The van der Waals surface area contributed by atoms with Crippen LogP contribution in [0.3, 0.4) is 0 Å². The number of primary amides is 2. The smallest absolute Gasteiger partial charge is 0.244 e. The Morgan fingerprint density at radius 2 is 1.04 bits per heavy atom. The Hall–Kier alpha value is -7.85. The van der Waals surface area contributed by atoms with Gasteiger partial charge in [-0.3, -0.25) is 57.5 Å². The molecule has 0 fully saturated rings. The number of hydrogen-bond donors (Lipinski definition) is 16. The Balaban J connectivity index is 2.24. The molecule has 83 heavy (non-hydrogen) atoms. The van der Waals surface area contributed by atoms with E-state index in [1.165, 1.54) is 24.3 Å². The summed E-state index contributed by atoms with van der Waals surface area (Å²) in [5.41, 5.74) is 17.5. The standard InChI is InChI=1S/C55H85N13O14S/c1-5-7-16-38(61-31-70)50(77)65-40(24-32(3)4)52(79)67-41(25-33-14-10-9-11-15-33)54(81)64-39(17-8-6-2)51(78)66-42(26-34-19-21-35(71)22-20-34)53(80)63-37(47(58)74)18-12-13-23-59-49(76)43(29-69)68-55(82)44(30-83)62-46(73)28-60-48(75)36(56)27-45(57)72/h9-11,14-15,19-22,31-32,36-44,69,71,83H,5-8,12-13,16-18,23-30,56H2,1-4H3,(H2,57,72)(H2,58,74)(H,59,76)(H,60,75)(H,61,70)(H,62,73)(H,63,80)(H,64,81)(H,65,77)(H,66,78)(H,67,79)(H,68,82)/t36-,37-,38-,39-,40-,41-,42-,43-,44-/m0/s1. The molecule has 28 heteroatoms. The van der Waals surface area contributed by atoms with E-state index in [2.05, 4.69) is 65.8 Å². The predicted molar refractivity (Wildman–Crippen MR) is 309 cm³/mol. The van der Waals surface area contributed by atoms with E-state index in [4.69, 9.17) is 17.2 Å². The van der Waals surface area contributed by atoms with Gasteiger partial charge in [-0.25, -0.2) is 0 Å². The summed E-state index contributed by atoms with van der Waals surface area (Å²) in [7, 11) is 0. The van der Waals surface area contributed by atoms with Crippen LogP contribution in [0.5, 0.6) is 5.75 Å². The first kappa shape index (κ1) is 71.3. The molecule has 0 unspecified atom stereocenters. The van der Waals surface area contributed by atoms with Crippen molar-refractivity contribution in [2.45, 2.75) is 166 Å². The normalized spacial score (nSPS) is 14.2. The van der Waals surface area contributed by atoms with Gasteiger partial charge in [-0.05, 0) is 67.7 Å². The fourth-order valence-corrected chi connectivity index (χ4v) is 8.52. The molecular weight excluding hydrogens is 1100 g/mol. The monoisotopic (exact) mass is 1180 g/mol. The summed E-state index contributed by atoms with van der Waals surface area (Å²) in [5, 5.41) is 45.4. The largest absolute Gasteiger partial charge is 0.508 e. The molecule has 0 bridgehead atoms. The van der Waals surface area contributed by atoms with E-state index >= 15 is 0 Å². The maximum absolute atomic E-state index is 14.4. The minimum Gasteiger partial charge on any atom is -0.508 e. The minimum absolute atomic E-state index is 0.0195. The zero-order valence-electron chi connectivity index (χ0n) is 47.5. The summed E-state index contributed by atoms with van der Waals surface area (Å²) in [6.07, 6.45) is 3.18. The molecule has 2 aromatic carbocycles. The van der Waals surface area contributed by atoms with Gasteiger partial charge in [-0.1, -0.05) is 95.8 Å². The molecule has 2 aromatic rings. The molecule has 0 heterocycles. The van der Waals surface area contributed by atoms with Gasteiger partial charge in [0.25, 0.3) is 0 Å². The summed E-state index contributed by atoms with van der Waals surface area (Å²) in [6, 6.07) is 3.30. The van der Waals surface area contributed by atoms with Crippen LogP contribution in [0, 0.1) is 5.92 Å². The van der Waals surface area contributed by atoms with Gasteiger partial charge >= 0.3 is 0 Å². The van der Waals surface area contributed by atoms with Crippen LogP contribution >= 0.6 is 12.6 Å². The van der Waals surface area contributed by atoms with Crippen molar-refractivity contribution in [2.75, 3.05) is 25.4 Å². The number of carbonyl (C=O) groups is 12. The highest BCUT2D eigenvalue weighted by molar-refractivity contribution is 7.80. The van der Waals surface area contributed by atoms with E-state index in [9.17, 15) is 67.7 Å². The molecule has 0 aliphatic rings. The first-order valence-corrected chi connectivity index (χ1v) is 28.3. The molecule has 0 aliphatic carbocycles. The first-order chi connectivity index (χ1) is 39.5. The number of amides is 12. The number of phenolic OH excluding ortho intramolecular Hbond substituents is 1. The SMILES string of the molecule is CCCC[C@H](NC=O)C(=O)N[C@@H](CC(C)C)C(=O)N[C@@H](Cc1ccccc1)C(=O)N[C@@H](CCCC)C(=O)N[C@@H](Cc1ccc(O)cc1)C(=O)N[C@@H](CCCCNC(=O)[C@H](CO)NC(=O)[C@H](CS)NC(=O)CNC(=O)[C@@H](N)CC(N)=O)C(N)=O. The molecule has 0 spiro atoms. The molecular formula is C55H85N13O14S. The summed E-state index contributed by atoms with van der Waals surface area (Å²) in [5.74, 6) is -9.14. The van der Waals surface area contributed by atoms with Crippen molar-refractivity contribution in [3.05, 3.63) is 65.7 Å². The highest BCUT2D eigenvalue weighted by atomic mass is 32.1. The lowest BCUT2D eigenvalue weighted by Gasteiger charge is -2.28. The summed E-state index contributed by atoms with van der Waals surface area (Å²) >= 11 is 4.06. The number of rotatable bonds is 41. The van der Waals surface area contributed by atoms with E-state index in [0.29, 0.717) is 43.2 Å². The molecule has 18 N–H and O–H groups in total. The van der Waals surface area contributed by atoms with Crippen molar-refractivity contribution in [3.8, 4) is 5.75 Å². The molecule has 0 aliphatic heterocycles. The van der Waals surface area contributed by atoms with Crippen LogP contribution in [-0.4, -0.2) is 161 Å². The van der Waals surface area contributed by atoms with Gasteiger partial charge in [0.1, 0.15) is 54.1 Å². The number of phenols is 1. The van der Waals surface area contributed by atoms with E-state index in [0.717, 1.165) is 6.42 Å². The molecule has 2 rings (SSSR count). The number of aliphatic hydroxyl groups excluding tert-OH is 1. The van der Waals surface area contributed by atoms with Gasteiger partial charge in [-0.15, -0.1) is 0 Å². The second-order valence-electron chi connectivity index (χ2n) is 20.3. The van der Waals surface area contributed by atoms with Crippen LogP contribution in [0.2, 0.25) is 0 Å². The number of unbranched alkanes of at least 4 members (excludes halogenated alkanes) is 3. The maximum atomic E-state index is 14.4. The minimum atomic E-state index is -1.48. The topological polar surface area (TPSA) is 444 Å². The number of benzene rings is 2. The third kappa shape index (κ3) is 27.7. The number of aliphatic hydroxyl groups is 1. The zero-order chi connectivity index (χ0) is 62.0. The van der Waals surface area contributed by atoms with Crippen LogP contribution in [0.25, 0.3) is 0 Å². The maximum Gasteiger partial charge on any atom is 0.244 e. The first-order valence-electron chi connectivity index (χ1n) is 27.7. The summed E-state index contributed by atoms with van der Waals surface area (Å²) < 4.78 is 0. The zero-order valence-corrected chi connectivity index (χ0v) is 48.4. The molecule has 0 aromatic heterocycles. The Morgan fingerprint density at radius 3 is 1.57 bits per heavy atom. The number of nitrogens with two attached hydrogens (primary N) is 3. The summed E-state index contributed by atoms with van der Waals surface area (Å²) in [4.78, 5) is 156. The Bertz CT molecular complexity index is 2460. The van der Waals surface area contributed by atoms with E-state index < -0.39 is 139 Å². The quantitative estimate of drug-likeness (QED) is 0.0181. The molecule has 0 saturated carbocycles. The highest BCUT2D eigenvalue weighted by Gasteiger charge is 2.34. The second-order valence-corrected chi connectivity index (χ2v) is 20.7. The summed E-state index contributed by atoms with van der Waals surface area (Å²) in [6.45, 7) is 6.01.